The summed E-state index contributed by atoms with van der Waals surface area (Å²) in [5.74, 6) is -0.180. The fourth-order valence-electron chi connectivity index (χ4n) is 2.55. The van der Waals surface area contributed by atoms with Gasteiger partial charge in [-0.3, -0.25) is 0 Å². The fourth-order valence-corrected chi connectivity index (χ4v) is 2.55. The van der Waals surface area contributed by atoms with Crippen LogP contribution in [0.4, 0.5) is 0 Å². The van der Waals surface area contributed by atoms with E-state index in [1.807, 2.05) is 10.8 Å². The van der Waals surface area contributed by atoms with Crippen molar-refractivity contribution in [3.8, 4) is 28.6 Å². The van der Waals surface area contributed by atoms with Gasteiger partial charge < -0.3 is 14.4 Å². The van der Waals surface area contributed by atoms with E-state index in [4.69, 9.17) is 4.74 Å². The zero-order valence-electron chi connectivity index (χ0n) is 13.6. The van der Waals surface area contributed by atoms with Gasteiger partial charge in [0.25, 0.3) is 0 Å². The summed E-state index contributed by atoms with van der Waals surface area (Å²) in [6.45, 7) is 2.10. The molecule has 0 aliphatic rings. The number of hydrogen-bond donors (Lipinski definition) is 1. The van der Waals surface area contributed by atoms with Crippen molar-refractivity contribution in [2.24, 2.45) is 0 Å². The van der Waals surface area contributed by atoms with Gasteiger partial charge in [0.15, 0.2) is 0 Å². The first-order valence-electron chi connectivity index (χ1n) is 7.81. The highest BCUT2D eigenvalue weighted by molar-refractivity contribution is 5.89. The SMILES string of the molecule is CCOC(=O)c1ccc(-n2cc(C#N)c(-c3ccc(O)cc3)c2)cc1. The number of carbonyl (C=O) groups is 1. The minimum absolute atomic E-state index is 0.177. The second kappa shape index (κ2) is 6.93. The van der Waals surface area contributed by atoms with Gasteiger partial charge in [0.2, 0.25) is 0 Å². The lowest BCUT2D eigenvalue weighted by Gasteiger charge is -2.05. The molecule has 0 fully saturated rings. The number of hydrogen-bond acceptors (Lipinski definition) is 4. The molecule has 5 heteroatoms. The fraction of sp³-hybridized carbons (Fsp3) is 0.100. The highest BCUT2D eigenvalue weighted by Gasteiger charge is 2.11. The third-order valence-electron chi connectivity index (χ3n) is 3.80. The Bertz CT molecular complexity index is 933. The third-order valence-corrected chi connectivity index (χ3v) is 3.80. The van der Waals surface area contributed by atoms with Crippen molar-refractivity contribution in [2.45, 2.75) is 6.92 Å². The monoisotopic (exact) mass is 332 g/mol. The number of rotatable bonds is 4. The Labute approximate surface area is 145 Å². The average molecular weight is 332 g/mol. The topological polar surface area (TPSA) is 75.2 Å². The zero-order valence-corrected chi connectivity index (χ0v) is 13.6. The van der Waals surface area contributed by atoms with Crippen molar-refractivity contribution in [1.82, 2.24) is 4.57 Å². The molecule has 0 spiro atoms. The molecule has 0 atom stereocenters. The molecule has 0 bridgehead atoms. The first-order valence-corrected chi connectivity index (χ1v) is 7.81. The highest BCUT2D eigenvalue weighted by Crippen LogP contribution is 2.27. The Kier molecular flexibility index (Phi) is 4.53. The van der Waals surface area contributed by atoms with Gasteiger partial charge in [-0.1, -0.05) is 12.1 Å². The molecular weight excluding hydrogens is 316 g/mol. The van der Waals surface area contributed by atoms with Crippen molar-refractivity contribution in [3.05, 3.63) is 72.1 Å². The van der Waals surface area contributed by atoms with Crippen LogP contribution in [0.1, 0.15) is 22.8 Å². The quantitative estimate of drug-likeness (QED) is 0.735. The molecule has 1 heterocycles. The average Bonchev–Trinajstić information content (AvgIpc) is 3.07. The summed E-state index contributed by atoms with van der Waals surface area (Å²) in [4.78, 5) is 11.7. The largest absolute Gasteiger partial charge is 0.508 e. The number of benzene rings is 2. The Hall–Kier alpha value is -3.52. The summed E-state index contributed by atoms with van der Waals surface area (Å²) in [5, 5.41) is 18.8. The van der Waals surface area contributed by atoms with Crippen molar-refractivity contribution in [1.29, 1.82) is 5.26 Å². The maximum atomic E-state index is 11.7. The van der Waals surface area contributed by atoms with Gasteiger partial charge >= 0.3 is 5.97 Å². The molecule has 0 radical (unpaired) electrons. The molecule has 1 N–H and O–H groups in total. The van der Waals surface area contributed by atoms with Crippen LogP contribution in [0.15, 0.2) is 60.9 Å². The van der Waals surface area contributed by atoms with Crippen LogP contribution in [-0.2, 0) is 4.74 Å². The van der Waals surface area contributed by atoms with Gasteiger partial charge in [-0.2, -0.15) is 5.26 Å². The van der Waals surface area contributed by atoms with E-state index in [0.29, 0.717) is 17.7 Å². The van der Waals surface area contributed by atoms with Crippen molar-refractivity contribution in [2.75, 3.05) is 6.61 Å². The molecule has 0 aliphatic heterocycles. The number of phenolic OH excluding ortho intramolecular Hbond substituents is 1. The summed E-state index contributed by atoms with van der Waals surface area (Å²) in [5.41, 5.74) is 3.46. The zero-order chi connectivity index (χ0) is 17.8. The Balaban J connectivity index is 1.95. The van der Waals surface area contributed by atoms with Gasteiger partial charge in [-0.25, -0.2) is 4.79 Å². The molecule has 0 saturated carbocycles. The molecule has 25 heavy (non-hydrogen) atoms. The molecule has 0 saturated heterocycles. The van der Waals surface area contributed by atoms with Crippen LogP contribution < -0.4 is 0 Å². The lowest BCUT2D eigenvalue weighted by atomic mass is 10.1. The molecule has 3 aromatic rings. The third kappa shape index (κ3) is 3.38. The van der Waals surface area contributed by atoms with E-state index in [1.54, 1.807) is 61.7 Å². The summed E-state index contributed by atoms with van der Waals surface area (Å²) < 4.78 is 6.80. The second-order valence-corrected chi connectivity index (χ2v) is 5.42. The van der Waals surface area contributed by atoms with Crippen LogP contribution in [0.3, 0.4) is 0 Å². The number of ether oxygens (including phenoxy) is 1. The normalized spacial score (nSPS) is 10.2. The number of aromatic nitrogens is 1. The van der Waals surface area contributed by atoms with Crippen LogP contribution in [-0.4, -0.2) is 22.2 Å². The van der Waals surface area contributed by atoms with Gasteiger partial charge in [0, 0.05) is 23.6 Å². The molecule has 0 unspecified atom stereocenters. The number of phenols is 1. The number of aromatic hydroxyl groups is 1. The number of carbonyl (C=O) groups excluding carboxylic acids is 1. The second-order valence-electron chi connectivity index (χ2n) is 5.42. The lowest BCUT2D eigenvalue weighted by molar-refractivity contribution is 0.0526. The van der Waals surface area contributed by atoms with Gasteiger partial charge in [0.05, 0.1) is 17.7 Å². The number of esters is 1. The van der Waals surface area contributed by atoms with Crippen LogP contribution in [0.5, 0.6) is 5.75 Å². The maximum absolute atomic E-state index is 11.7. The molecule has 124 valence electrons. The van der Waals surface area contributed by atoms with E-state index >= 15 is 0 Å². The van der Waals surface area contributed by atoms with Gasteiger partial charge in [0.1, 0.15) is 11.8 Å². The Morgan fingerprint density at radius 2 is 1.80 bits per heavy atom. The highest BCUT2D eigenvalue weighted by atomic mass is 16.5. The predicted molar refractivity (Wildman–Crippen MR) is 93.5 cm³/mol. The van der Waals surface area contributed by atoms with E-state index in [-0.39, 0.29) is 11.7 Å². The van der Waals surface area contributed by atoms with Crippen LogP contribution in [0, 0.1) is 11.3 Å². The summed E-state index contributed by atoms with van der Waals surface area (Å²) >= 11 is 0. The van der Waals surface area contributed by atoms with Gasteiger partial charge in [-0.15, -0.1) is 0 Å². The van der Waals surface area contributed by atoms with Crippen molar-refractivity contribution >= 4 is 5.97 Å². The van der Waals surface area contributed by atoms with Crippen LogP contribution in [0.25, 0.3) is 16.8 Å². The predicted octanol–water partition coefficient (Wildman–Crippen LogP) is 3.90. The molecule has 0 amide bonds. The molecule has 0 aliphatic carbocycles. The first kappa shape index (κ1) is 16.3. The smallest absolute Gasteiger partial charge is 0.338 e. The van der Waals surface area contributed by atoms with Crippen molar-refractivity contribution in [3.63, 3.8) is 0 Å². The van der Waals surface area contributed by atoms with E-state index < -0.39 is 0 Å². The molecule has 2 aromatic carbocycles. The van der Waals surface area contributed by atoms with Crippen LogP contribution >= 0.6 is 0 Å². The standard InChI is InChI=1S/C20H16N2O3/c1-2-25-20(24)15-3-7-17(8-4-15)22-12-16(11-21)19(13-22)14-5-9-18(23)10-6-14/h3-10,12-13,23H,2H2,1H3. The number of nitriles is 1. The molecule has 3 rings (SSSR count). The van der Waals surface area contributed by atoms with E-state index in [2.05, 4.69) is 6.07 Å². The summed E-state index contributed by atoms with van der Waals surface area (Å²) in [6, 6.07) is 15.9. The minimum Gasteiger partial charge on any atom is -0.508 e. The Morgan fingerprint density at radius 3 is 2.40 bits per heavy atom. The Morgan fingerprint density at radius 1 is 1.12 bits per heavy atom. The van der Waals surface area contributed by atoms with Gasteiger partial charge in [-0.05, 0) is 48.9 Å². The lowest BCUT2D eigenvalue weighted by Crippen LogP contribution is -2.04. The van der Waals surface area contributed by atoms with Crippen molar-refractivity contribution < 1.29 is 14.6 Å². The molecular formula is C20H16N2O3. The first-order chi connectivity index (χ1) is 12.1. The summed E-state index contributed by atoms with van der Waals surface area (Å²) in [6.07, 6.45) is 3.59. The molecule has 1 aromatic heterocycles. The number of nitrogens with zero attached hydrogens (tertiary/aromatic N) is 2. The van der Waals surface area contributed by atoms with E-state index in [1.165, 1.54) is 0 Å². The van der Waals surface area contributed by atoms with E-state index in [0.717, 1.165) is 16.8 Å². The molecule has 5 nitrogen and oxygen atoms in total. The summed E-state index contributed by atoms with van der Waals surface area (Å²) in [7, 11) is 0. The van der Waals surface area contributed by atoms with E-state index in [9.17, 15) is 15.2 Å². The minimum atomic E-state index is -0.357. The maximum Gasteiger partial charge on any atom is 0.338 e. The van der Waals surface area contributed by atoms with Crippen LogP contribution in [0.2, 0.25) is 0 Å².